The number of sulfonamides is 1. The van der Waals surface area contributed by atoms with Gasteiger partial charge in [0.05, 0.1) is 0 Å². The van der Waals surface area contributed by atoms with Crippen molar-refractivity contribution in [2.45, 2.75) is 48.4 Å². The van der Waals surface area contributed by atoms with Gasteiger partial charge in [-0.15, -0.1) is 11.3 Å². The number of hydrogen-bond acceptors (Lipinski definition) is 6. The van der Waals surface area contributed by atoms with E-state index < -0.39 is 16.1 Å². The molecule has 0 radical (unpaired) electrons. The van der Waals surface area contributed by atoms with Gasteiger partial charge in [-0.05, 0) is 49.3 Å². The van der Waals surface area contributed by atoms with Crippen molar-refractivity contribution in [1.29, 1.82) is 0 Å². The van der Waals surface area contributed by atoms with Crippen molar-refractivity contribution in [2.75, 3.05) is 24.5 Å². The van der Waals surface area contributed by atoms with Crippen LogP contribution in [-0.4, -0.2) is 55.3 Å². The van der Waals surface area contributed by atoms with Gasteiger partial charge in [0.2, 0.25) is 5.91 Å². The Bertz CT molecular complexity index is 910. The number of nitrogens with one attached hydrogen (secondary N) is 1. The lowest BCUT2D eigenvalue weighted by Gasteiger charge is -2.36. The molecule has 1 N–H and O–H groups in total. The molecule has 156 valence electrons. The highest BCUT2D eigenvalue weighted by Crippen LogP contribution is 2.28. The summed E-state index contributed by atoms with van der Waals surface area (Å²) < 4.78 is 27.7. The minimum atomic E-state index is -3.62. The third-order valence-corrected chi connectivity index (χ3v) is 8.91. The molecule has 2 aromatic rings. The molecule has 2 aliphatic rings. The van der Waals surface area contributed by atoms with Gasteiger partial charge in [-0.1, -0.05) is 18.6 Å². The summed E-state index contributed by atoms with van der Waals surface area (Å²) in [6.07, 6.45) is 5.67. The van der Waals surface area contributed by atoms with E-state index in [4.69, 9.17) is 0 Å². The number of piperidine rings is 2. The Morgan fingerprint density at radius 2 is 1.90 bits per heavy atom. The van der Waals surface area contributed by atoms with Crippen LogP contribution < -0.4 is 10.2 Å². The van der Waals surface area contributed by atoms with Crippen molar-refractivity contribution < 1.29 is 13.2 Å². The molecule has 2 saturated heterocycles. The zero-order valence-electron chi connectivity index (χ0n) is 16.2. The number of aromatic nitrogens is 1. The van der Waals surface area contributed by atoms with Crippen molar-refractivity contribution in [1.82, 2.24) is 14.6 Å². The van der Waals surface area contributed by atoms with Crippen molar-refractivity contribution >= 4 is 33.1 Å². The van der Waals surface area contributed by atoms with Crippen LogP contribution in [0.2, 0.25) is 0 Å². The number of nitrogens with zero attached hydrogens (tertiary/aromatic N) is 3. The SMILES string of the molecule is O=C(NC1CCN(c2ccccn2)CC1)C1CCCCN1S(=O)(=O)c1cccs1. The minimum Gasteiger partial charge on any atom is -0.356 e. The minimum absolute atomic E-state index is 0.0654. The zero-order valence-corrected chi connectivity index (χ0v) is 17.9. The van der Waals surface area contributed by atoms with Crippen molar-refractivity contribution in [3.63, 3.8) is 0 Å². The molecule has 4 heterocycles. The predicted molar refractivity (Wildman–Crippen MR) is 113 cm³/mol. The number of thiophene rings is 1. The number of carbonyl (C=O) groups excluding carboxylic acids is 1. The normalized spacial score (nSPS) is 21.8. The fourth-order valence-corrected chi connectivity index (χ4v) is 6.85. The standard InChI is InChI=1S/C20H26N4O3S2/c25-20(22-16-9-13-23(14-10-16)18-7-1-3-11-21-18)17-6-2-4-12-24(17)29(26,27)19-8-5-15-28-19/h1,3,5,7-8,11,15-17H,2,4,6,9-10,12-14H2,(H,22,25). The lowest BCUT2D eigenvalue weighted by Crippen LogP contribution is -2.55. The van der Waals surface area contributed by atoms with Gasteiger partial charge >= 0.3 is 0 Å². The van der Waals surface area contributed by atoms with Gasteiger partial charge in [0.15, 0.2) is 0 Å². The summed E-state index contributed by atoms with van der Waals surface area (Å²) in [4.78, 5) is 19.6. The third-order valence-electron chi connectivity index (χ3n) is 5.63. The maximum absolute atomic E-state index is 13.0. The highest BCUT2D eigenvalue weighted by molar-refractivity contribution is 7.91. The summed E-state index contributed by atoms with van der Waals surface area (Å²) >= 11 is 1.20. The largest absolute Gasteiger partial charge is 0.356 e. The Hall–Kier alpha value is -1.97. The molecule has 0 aromatic carbocycles. The summed E-state index contributed by atoms with van der Waals surface area (Å²) in [6, 6.07) is 8.65. The van der Waals surface area contributed by atoms with Crippen molar-refractivity contribution in [3.8, 4) is 0 Å². The van der Waals surface area contributed by atoms with Crippen LogP contribution in [0.4, 0.5) is 5.82 Å². The molecule has 9 heteroatoms. The van der Waals surface area contributed by atoms with Crippen molar-refractivity contribution in [3.05, 3.63) is 41.9 Å². The average molecular weight is 435 g/mol. The van der Waals surface area contributed by atoms with E-state index in [-0.39, 0.29) is 11.9 Å². The Morgan fingerprint density at radius 3 is 2.59 bits per heavy atom. The monoisotopic (exact) mass is 434 g/mol. The molecule has 1 unspecified atom stereocenters. The van der Waals surface area contributed by atoms with E-state index >= 15 is 0 Å². The molecule has 4 rings (SSSR count). The topological polar surface area (TPSA) is 82.6 Å². The predicted octanol–water partition coefficient (Wildman–Crippen LogP) is 2.47. The molecule has 0 aliphatic carbocycles. The first-order valence-corrected chi connectivity index (χ1v) is 12.4. The smallest absolute Gasteiger partial charge is 0.253 e. The van der Waals surface area contributed by atoms with Gasteiger partial charge < -0.3 is 10.2 Å². The molecular weight excluding hydrogens is 408 g/mol. The van der Waals surface area contributed by atoms with Gasteiger partial charge in [0.1, 0.15) is 16.1 Å². The fourth-order valence-electron chi connectivity index (χ4n) is 4.07. The molecule has 2 fully saturated rings. The van der Waals surface area contributed by atoms with Gasteiger partial charge in [0.25, 0.3) is 10.0 Å². The number of hydrogen-bond donors (Lipinski definition) is 1. The average Bonchev–Trinajstić information content (AvgIpc) is 3.31. The summed E-state index contributed by atoms with van der Waals surface area (Å²) in [6.45, 7) is 2.05. The lowest BCUT2D eigenvalue weighted by atomic mass is 10.0. The highest BCUT2D eigenvalue weighted by Gasteiger charge is 2.38. The molecule has 1 atom stereocenters. The quantitative estimate of drug-likeness (QED) is 0.782. The number of rotatable bonds is 5. The van der Waals surface area contributed by atoms with Gasteiger partial charge in [-0.3, -0.25) is 4.79 Å². The van der Waals surface area contributed by atoms with Crippen LogP contribution in [0.1, 0.15) is 32.1 Å². The van der Waals surface area contributed by atoms with E-state index in [2.05, 4.69) is 15.2 Å². The Kier molecular flexibility index (Phi) is 6.17. The van der Waals surface area contributed by atoms with Crippen LogP contribution in [0, 0.1) is 0 Å². The van der Waals surface area contributed by atoms with E-state index in [1.165, 1.54) is 15.6 Å². The molecule has 0 spiro atoms. The summed E-state index contributed by atoms with van der Waals surface area (Å²) in [7, 11) is -3.62. The molecule has 1 amide bonds. The Balaban J connectivity index is 1.38. The van der Waals surface area contributed by atoms with Crippen LogP contribution in [0.25, 0.3) is 0 Å². The number of pyridine rings is 1. The van der Waals surface area contributed by atoms with Gasteiger partial charge in [-0.25, -0.2) is 13.4 Å². The number of amides is 1. The van der Waals surface area contributed by atoms with E-state index in [1.807, 2.05) is 18.2 Å². The summed E-state index contributed by atoms with van der Waals surface area (Å²) in [5.74, 6) is 0.791. The molecule has 29 heavy (non-hydrogen) atoms. The molecule has 0 saturated carbocycles. The van der Waals surface area contributed by atoms with Gasteiger partial charge in [0, 0.05) is 31.9 Å². The van der Waals surface area contributed by atoms with E-state index in [1.54, 1.807) is 23.7 Å². The van der Waals surface area contributed by atoms with Crippen LogP contribution in [0.15, 0.2) is 46.1 Å². The van der Waals surface area contributed by atoms with E-state index in [9.17, 15) is 13.2 Å². The second-order valence-electron chi connectivity index (χ2n) is 7.52. The van der Waals surface area contributed by atoms with Crippen molar-refractivity contribution in [2.24, 2.45) is 0 Å². The Labute approximate surface area is 175 Å². The highest BCUT2D eigenvalue weighted by atomic mass is 32.2. The van der Waals surface area contributed by atoms with Gasteiger partial charge in [-0.2, -0.15) is 4.31 Å². The first-order chi connectivity index (χ1) is 14.1. The Morgan fingerprint density at radius 1 is 1.07 bits per heavy atom. The third kappa shape index (κ3) is 4.46. The van der Waals surface area contributed by atoms with Crippen LogP contribution >= 0.6 is 11.3 Å². The number of carbonyl (C=O) groups is 1. The molecular formula is C20H26N4O3S2. The summed E-state index contributed by atoms with van der Waals surface area (Å²) in [5.41, 5.74) is 0. The second kappa shape index (κ2) is 8.81. The molecule has 2 aromatic heterocycles. The summed E-state index contributed by atoms with van der Waals surface area (Å²) in [5, 5.41) is 4.87. The van der Waals surface area contributed by atoms with Crippen LogP contribution in [0.5, 0.6) is 0 Å². The van der Waals surface area contributed by atoms with Crippen LogP contribution in [0.3, 0.4) is 0 Å². The maximum Gasteiger partial charge on any atom is 0.253 e. The first kappa shape index (κ1) is 20.3. The number of anilines is 1. The molecule has 2 aliphatic heterocycles. The molecule has 7 nitrogen and oxygen atoms in total. The second-order valence-corrected chi connectivity index (χ2v) is 10.6. The molecule has 0 bridgehead atoms. The fraction of sp³-hybridized carbons (Fsp3) is 0.500. The maximum atomic E-state index is 13.0. The first-order valence-electron chi connectivity index (χ1n) is 10.1. The zero-order chi connectivity index (χ0) is 20.3. The van der Waals surface area contributed by atoms with E-state index in [0.717, 1.165) is 44.6 Å². The lowest BCUT2D eigenvalue weighted by molar-refractivity contribution is -0.126. The van der Waals surface area contributed by atoms with E-state index in [0.29, 0.717) is 17.2 Å². The van der Waals surface area contributed by atoms with Crippen LogP contribution in [-0.2, 0) is 14.8 Å².